The number of rotatable bonds is 6. The molecular weight excluding hydrogens is 328 g/mol. The zero-order valence-electron chi connectivity index (χ0n) is 15.7. The summed E-state index contributed by atoms with van der Waals surface area (Å²) in [6, 6.07) is 7.94. The van der Waals surface area contributed by atoms with Gasteiger partial charge in [-0.3, -0.25) is 0 Å². The Kier molecular flexibility index (Phi) is 4.22. The SMILES string of the molecule is COc1ccc(-n2nc(C3CC3)nc2[C@H](C)Cn2nc(C)nc2C)cc1. The highest BCUT2D eigenvalue weighted by Crippen LogP contribution is 2.39. The molecule has 0 bridgehead atoms. The first-order valence-electron chi connectivity index (χ1n) is 9.04. The molecular formula is C19H24N6O. The molecule has 26 heavy (non-hydrogen) atoms. The predicted molar refractivity (Wildman–Crippen MR) is 97.8 cm³/mol. The lowest BCUT2D eigenvalue weighted by atomic mass is 10.1. The van der Waals surface area contributed by atoms with E-state index in [2.05, 4.69) is 17.0 Å². The second-order valence-corrected chi connectivity index (χ2v) is 7.00. The summed E-state index contributed by atoms with van der Waals surface area (Å²) in [5.74, 6) is 5.14. The van der Waals surface area contributed by atoms with Crippen molar-refractivity contribution >= 4 is 0 Å². The highest BCUT2D eigenvalue weighted by molar-refractivity contribution is 5.38. The molecule has 0 spiro atoms. The summed E-state index contributed by atoms with van der Waals surface area (Å²) >= 11 is 0. The van der Waals surface area contributed by atoms with Gasteiger partial charge in [0.15, 0.2) is 5.82 Å². The van der Waals surface area contributed by atoms with Crippen molar-refractivity contribution in [2.24, 2.45) is 0 Å². The number of ether oxygens (including phenoxy) is 1. The van der Waals surface area contributed by atoms with E-state index in [4.69, 9.17) is 14.8 Å². The van der Waals surface area contributed by atoms with Crippen molar-refractivity contribution in [2.75, 3.05) is 7.11 Å². The molecule has 1 saturated carbocycles. The molecule has 2 aromatic heterocycles. The second kappa shape index (κ2) is 6.55. The maximum atomic E-state index is 5.27. The Bertz CT molecular complexity index is 907. The molecule has 0 saturated heterocycles. The van der Waals surface area contributed by atoms with E-state index in [9.17, 15) is 0 Å². The van der Waals surface area contributed by atoms with Gasteiger partial charge in [-0.2, -0.15) is 10.2 Å². The first-order valence-corrected chi connectivity index (χ1v) is 9.04. The lowest BCUT2D eigenvalue weighted by Crippen LogP contribution is -2.14. The number of aryl methyl sites for hydroxylation is 2. The van der Waals surface area contributed by atoms with E-state index in [1.165, 1.54) is 12.8 Å². The third-order valence-corrected chi connectivity index (χ3v) is 4.76. The molecule has 1 fully saturated rings. The van der Waals surface area contributed by atoms with E-state index < -0.39 is 0 Å². The van der Waals surface area contributed by atoms with Crippen LogP contribution in [0.5, 0.6) is 5.75 Å². The zero-order chi connectivity index (χ0) is 18.3. The summed E-state index contributed by atoms with van der Waals surface area (Å²) in [6.07, 6.45) is 2.36. The molecule has 1 aromatic carbocycles. The lowest BCUT2D eigenvalue weighted by molar-refractivity contribution is 0.414. The molecule has 0 unspecified atom stereocenters. The van der Waals surface area contributed by atoms with Crippen molar-refractivity contribution in [3.05, 3.63) is 47.6 Å². The van der Waals surface area contributed by atoms with Crippen LogP contribution in [0.1, 0.15) is 54.9 Å². The molecule has 7 heteroatoms. The van der Waals surface area contributed by atoms with Crippen LogP contribution in [0, 0.1) is 13.8 Å². The van der Waals surface area contributed by atoms with Crippen molar-refractivity contribution in [3.63, 3.8) is 0 Å². The molecule has 0 aliphatic heterocycles. The van der Waals surface area contributed by atoms with E-state index >= 15 is 0 Å². The van der Waals surface area contributed by atoms with Crippen LogP contribution in [0.15, 0.2) is 24.3 Å². The van der Waals surface area contributed by atoms with Gasteiger partial charge in [-0.05, 0) is 51.0 Å². The van der Waals surface area contributed by atoms with Crippen LogP contribution in [-0.4, -0.2) is 36.6 Å². The monoisotopic (exact) mass is 352 g/mol. The van der Waals surface area contributed by atoms with Crippen molar-refractivity contribution in [1.82, 2.24) is 29.5 Å². The molecule has 4 rings (SSSR count). The van der Waals surface area contributed by atoms with Gasteiger partial charge in [-0.1, -0.05) is 6.92 Å². The Hall–Kier alpha value is -2.70. The van der Waals surface area contributed by atoms with Crippen LogP contribution in [0.4, 0.5) is 0 Å². The first kappa shape index (κ1) is 16.8. The van der Waals surface area contributed by atoms with Crippen molar-refractivity contribution < 1.29 is 4.74 Å². The van der Waals surface area contributed by atoms with Crippen LogP contribution in [-0.2, 0) is 6.54 Å². The summed E-state index contributed by atoms with van der Waals surface area (Å²) in [6.45, 7) is 6.79. The molecule has 1 aliphatic carbocycles. The largest absolute Gasteiger partial charge is 0.497 e. The smallest absolute Gasteiger partial charge is 0.154 e. The molecule has 0 amide bonds. The minimum Gasteiger partial charge on any atom is -0.497 e. The average molecular weight is 352 g/mol. The van der Waals surface area contributed by atoms with Gasteiger partial charge in [-0.25, -0.2) is 19.3 Å². The first-order chi connectivity index (χ1) is 12.5. The minimum absolute atomic E-state index is 0.164. The van der Waals surface area contributed by atoms with Crippen LogP contribution >= 0.6 is 0 Å². The maximum absolute atomic E-state index is 5.27. The van der Waals surface area contributed by atoms with Gasteiger partial charge in [0.1, 0.15) is 23.2 Å². The Labute approximate surface area is 153 Å². The Morgan fingerprint density at radius 1 is 1.12 bits per heavy atom. The highest BCUT2D eigenvalue weighted by Gasteiger charge is 2.30. The van der Waals surface area contributed by atoms with Gasteiger partial charge < -0.3 is 4.74 Å². The summed E-state index contributed by atoms with van der Waals surface area (Å²) in [5, 5.41) is 9.29. The molecule has 1 aliphatic rings. The van der Waals surface area contributed by atoms with E-state index in [0.717, 1.165) is 41.3 Å². The fourth-order valence-corrected chi connectivity index (χ4v) is 3.16. The van der Waals surface area contributed by atoms with Gasteiger partial charge in [0.2, 0.25) is 0 Å². The standard InChI is InChI=1S/C19H24N6O/c1-12(11-24-14(3)20-13(2)22-24)19-21-18(15-5-6-15)23-25(19)16-7-9-17(26-4)10-8-16/h7-10,12,15H,5-6,11H2,1-4H3/t12-/m1/s1. The summed E-state index contributed by atoms with van der Waals surface area (Å²) < 4.78 is 9.18. The third kappa shape index (κ3) is 3.21. The Morgan fingerprint density at radius 2 is 1.85 bits per heavy atom. The summed E-state index contributed by atoms with van der Waals surface area (Å²) in [5.41, 5.74) is 0.999. The van der Waals surface area contributed by atoms with Crippen molar-refractivity contribution in [3.8, 4) is 11.4 Å². The van der Waals surface area contributed by atoms with E-state index in [-0.39, 0.29) is 5.92 Å². The molecule has 7 nitrogen and oxygen atoms in total. The van der Waals surface area contributed by atoms with Gasteiger partial charge >= 0.3 is 0 Å². The quantitative estimate of drug-likeness (QED) is 0.681. The van der Waals surface area contributed by atoms with E-state index in [0.29, 0.717) is 5.92 Å². The van der Waals surface area contributed by atoms with Gasteiger partial charge in [0, 0.05) is 11.8 Å². The second-order valence-electron chi connectivity index (χ2n) is 7.00. The molecule has 3 aromatic rings. The summed E-state index contributed by atoms with van der Waals surface area (Å²) in [4.78, 5) is 9.28. The van der Waals surface area contributed by atoms with E-state index in [1.54, 1.807) is 7.11 Å². The van der Waals surface area contributed by atoms with Crippen LogP contribution in [0.3, 0.4) is 0 Å². The van der Waals surface area contributed by atoms with Crippen LogP contribution in [0.25, 0.3) is 5.69 Å². The number of hydrogen-bond acceptors (Lipinski definition) is 5. The summed E-state index contributed by atoms with van der Waals surface area (Å²) in [7, 11) is 1.67. The fourth-order valence-electron chi connectivity index (χ4n) is 3.16. The average Bonchev–Trinajstić information content (AvgIpc) is 3.31. The Balaban J connectivity index is 1.68. The number of nitrogens with zero attached hydrogens (tertiary/aromatic N) is 6. The molecule has 2 heterocycles. The minimum atomic E-state index is 0.164. The maximum Gasteiger partial charge on any atom is 0.154 e. The predicted octanol–water partition coefficient (Wildman–Crippen LogP) is 3.17. The van der Waals surface area contributed by atoms with Gasteiger partial charge in [-0.15, -0.1) is 0 Å². The normalized spacial score (nSPS) is 15.2. The zero-order valence-corrected chi connectivity index (χ0v) is 15.7. The lowest BCUT2D eigenvalue weighted by Gasteiger charge is -2.13. The topological polar surface area (TPSA) is 70.7 Å². The number of benzene rings is 1. The number of aromatic nitrogens is 6. The molecule has 0 radical (unpaired) electrons. The number of hydrogen-bond donors (Lipinski definition) is 0. The molecule has 136 valence electrons. The van der Waals surface area contributed by atoms with Crippen LogP contribution < -0.4 is 4.74 Å². The fraction of sp³-hybridized carbons (Fsp3) is 0.474. The number of methoxy groups -OCH3 is 1. The highest BCUT2D eigenvalue weighted by atomic mass is 16.5. The van der Waals surface area contributed by atoms with Crippen LogP contribution in [0.2, 0.25) is 0 Å². The third-order valence-electron chi connectivity index (χ3n) is 4.76. The molecule has 1 atom stereocenters. The van der Waals surface area contributed by atoms with Crippen molar-refractivity contribution in [1.29, 1.82) is 0 Å². The van der Waals surface area contributed by atoms with E-state index in [1.807, 2.05) is 47.5 Å². The molecule has 0 N–H and O–H groups in total. The van der Waals surface area contributed by atoms with Gasteiger partial charge in [0.25, 0.3) is 0 Å². The van der Waals surface area contributed by atoms with Crippen molar-refractivity contribution in [2.45, 2.75) is 52.0 Å². The van der Waals surface area contributed by atoms with Gasteiger partial charge in [0.05, 0.1) is 19.3 Å². The Morgan fingerprint density at radius 3 is 2.42 bits per heavy atom.